The molecular formula is C22H29NO. The summed E-state index contributed by atoms with van der Waals surface area (Å²) in [6.45, 7) is 2.12. The first-order valence-electron chi connectivity index (χ1n) is 9.04. The largest absolute Gasteiger partial charge is 0.385 e. The maximum atomic E-state index is 11.8. The maximum Gasteiger partial charge on any atom is 0.0945 e. The summed E-state index contributed by atoms with van der Waals surface area (Å²) < 4.78 is 0. The Labute approximate surface area is 146 Å². The highest BCUT2D eigenvalue weighted by Gasteiger charge is 2.46. The Morgan fingerprint density at radius 1 is 1.00 bits per heavy atom. The van der Waals surface area contributed by atoms with Crippen LogP contribution in [0.15, 0.2) is 54.6 Å². The summed E-state index contributed by atoms with van der Waals surface area (Å²) in [5.41, 5.74) is 2.84. The highest BCUT2D eigenvalue weighted by Crippen LogP contribution is 2.49. The summed E-state index contributed by atoms with van der Waals surface area (Å²) in [6.07, 6.45) is 4.19. The van der Waals surface area contributed by atoms with Crippen molar-refractivity contribution < 1.29 is 5.11 Å². The van der Waals surface area contributed by atoms with Gasteiger partial charge in [0.2, 0.25) is 0 Å². The fraction of sp³-hybridized carbons (Fsp3) is 0.455. The fourth-order valence-corrected chi connectivity index (χ4v) is 4.54. The molecular weight excluding hydrogens is 294 g/mol. The lowest BCUT2D eigenvalue weighted by Gasteiger charge is -2.47. The van der Waals surface area contributed by atoms with Gasteiger partial charge in [-0.15, -0.1) is 0 Å². The smallest absolute Gasteiger partial charge is 0.0945 e. The van der Waals surface area contributed by atoms with Gasteiger partial charge in [0, 0.05) is 12.0 Å². The van der Waals surface area contributed by atoms with Crippen molar-refractivity contribution in [2.24, 2.45) is 5.92 Å². The standard InChI is InChI=1S/C22H29NO/c1-17-11-7-8-14-19(17)22(24)16-10-9-15-20(22)21(23(2)3)18-12-5-4-6-13-18/h4-8,11-14,20-21,24H,9-10,15-16H2,1-3H3. The quantitative estimate of drug-likeness (QED) is 0.883. The molecule has 1 aliphatic rings. The molecule has 2 aromatic rings. The Balaban J connectivity index is 2.07. The topological polar surface area (TPSA) is 23.5 Å². The molecule has 2 nitrogen and oxygen atoms in total. The summed E-state index contributed by atoms with van der Waals surface area (Å²) in [5, 5.41) is 11.8. The first kappa shape index (κ1) is 17.2. The molecule has 1 N–H and O–H groups in total. The van der Waals surface area contributed by atoms with Crippen molar-refractivity contribution in [1.82, 2.24) is 4.90 Å². The molecule has 24 heavy (non-hydrogen) atoms. The molecule has 0 aliphatic heterocycles. The minimum absolute atomic E-state index is 0.199. The van der Waals surface area contributed by atoms with Crippen molar-refractivity contribution in [3.8, 4) is 0 Å². The maximum absolute atomic E-state index is 11.8. The van der Waals surface area contributed by atoms with Crippen LogP contribution in [0.3, 0.4) is 0 Å². The van der Waals surface area contributed by atoms with Gasteiger partial charge in [-0.05, 0) is 50.6 Å². The van der Waals surface area contributed by atoms with E-state index in [1.54, 1.807) is 0 Å². The van der Waals surface area contributed by atoms with Crippen molar-refractivity contribution >= 4 is 0 Å². The molecule has 0 heterocycles. The van der Waals surface area contributed by atoms with E-state index >= 15 is 0 Å². The third kappa shape index (κ3) is 3.13. The molecule has 0 spiro atoms. The van der Waals surface area contributed by atoms with Gasteiger partial charge in [-0.3, -0.25) is 0 Å². The summed E-state index contributed by atoms with van der Waals surface area (Å²) in [5.74, 6) is 0.199. The molecule has 1 aliphatic carbocycles. The third-order valence-corrected chi connectivity index (χ3v) is 5.63. The van der Waals surface area contributed by atoms with Gasteiger partial charge < -0.3 is 10.0 Å². The van der Waals surface area contributed by atoms with E-state index in [-0.39, 0.29) is 12.0 Å². The van der Waals surface area contributed by atoms with E-state index in [0.717, 1.165) is 24.8 Å². The first-order chi connectivity index (χ1) is 11.5. The highest BCUT2D eigenvalue weighted by atomic mass is 16.3. The van der Waals surface area contributed by atoms with E-state index in [2.05, 4.69) is 80.5 Å². The zero-order valence-electron chi connectivity index (χ0n) is 15.1. The van der Waals surface area contributed by atoms with E-state index in [9.17, 15) is 5.11 Å². The van der Waals surface area contributed by atoms with E-state index in [1.165, 1.54) is 17.5 Å². The summed E-state index contributed by atoms with van der Waals surface area (Å²) in [4.78, 5) is 2.27. The first-order valence-corrected chi connectivity index (χ1v) is 9.04. The van der Waals surface area contributed by atoms with E-state index in [4.69, 9.17) is 0 Å². The van der Waals surface area contributed by atoms with Gasteiger partial charge in [-0.2, -0.15) is 0 Å². The minimum Gasteiger partial charge on any atom is -0.385 e. The van der Waals surface area contributed by atoms with Gasteiger partial charge in [0.1, 0.15) is 0 Å². The number of rotatable bonds is 4. The van der Waals surface area contributed by atoms with Crippen molar-refractivity contribution in [3.05, 3.63) is 71.3 Å². The number of hydrogen-bond acceptors (Lipinski definition) is 2. The average Bonchev–Trinajstić information content (AvgIpc) is 2.58. The van der Waals surface area contributed by atoms with Crippen LogP contribution in [0.25, 0.3) is 0 Å². The Bertz CT molecular complexity index is 667. The predicted octanol–water partition coefficient (Wildman–Crippen LogP) is 4.68. The van der Waals surface area contributed by atoms with Crippen LogP contribution < -0.4 is 0 Å². The van der Waals surface area contributed by atoms with Crippen molar-refractivity contribution in [2.45, 2.75) is 44.2 Å². The van der Waals surface area contributed by atoms with Gasteiger partial charge in [-0.25, -0.2) is 0 Å². The van der Waals surface area contributed by atoms with Crippen LogP contribution in [-0.4, -0.2) is 24.1 Å². The van der Waals surface area contributed by atoms with Crippen molar-refractivity contribution in [3.63, 3.8) is 0 Å². The molecule has 2 aromatic carbocycles. The summed E-state index contributed by atoms with van der Waals surface area (Å²) in [7, 11) is 4.26. The molecule has 0 amide bonds. The molecule has 2 heteroatoms. The number of hydrogen-bond donors (Lipinski definition) is 1. The Morgan fingerprint density at radius 3 is 2.33 bits per heavy atom. The molecule has 0 aromatic heterocycles. The van der Waals surface area contributed by atoms with Crippen LogP contribution in [-0.2, 0) is 5.60 Å². The lowest BCUT2D eigenvalue weighted by Crippen LogP contribution is -2.45. The average molecular weight is 323 g/mol. The molecule has 0 saturated heterocycles. The monoisotopic (exact) mass is 323 g/mol. The van der Waals surface area contributed by atoms with E-state index < -0.39 is 5.60 Å². The molecule has 3 rings (SSSR count). The van der Waals surface area contributed by atoms with Crippen LogP contribution in [0.1, 0.15) is 48.4 Å². The Kier molecular flexibility index (Phi) is 5.07. The molecule has 0 radical (unpaired) electrons. The Morgan fingerprint density at radius 2 is 1.67 bits per heavy atom. The molecule has 128 valence electrons. The third-order valence-electron chi connectivity index (χ3n) is 5.63. The van der Waals surface area contributed by atoms with Gasteiger partial charge in [0.15, 0.2) is 0 Å². The number of aryl methyl sites for hydroxylation is 1. The predicted molar refractivity (Wildman–Crippen MR) is 99.9 cm³/mol. The Hall–Kier alpha value is -1.64. The zero-order chi connectivity index (χ0) is 17.2. The van der Waals surface area contributed by atoms with Crippen LogP contribution in [0.2, 0.25) is 0 Å². The highest BCUT2D eigenvalue weighted by molar-refractivity contribution is 5.34. The lowest BCUT2D eigenvalue weighted by atomic mass is 9.66. The molecule has 3 unspecified atom stereocenters. The lowest BCUT2D eigenvalue weighted by molar-refractivity contribution is -0.0841. The van der Waals surface area contributed by atoms with Crippen molar-refractivity contribution in [2.75, 3.05) is 14.1 Å². The second-order valence-corrected chi connectivity index (χ2v) is 7.41. The number of benzene rings is 2. The molecule has 0 bridgehead atoms. The number of nitrogens with zero attached hydrogens (tertiary/aromatic N) is 1. The van der Waals surface area contributed by atoms with Gasteiger partial charge in [-0.1, -0.05) is 67.4 Å². The van der Waals surface area contributed by atoms with Crippen LogP contribution in [0.5, 0.6) is 0 Å². The summed E-state index contributed by atoms with van der Waals surface area (Å²) in [6, 6.07) is 19.2. The van der Waals surface area contributed by atoms with Crippen LogP contribution in [0, 0.1) is 12.8 Å². The van der Waals surface area contributed by atoms with E-state index in [0.29, 0.717) is 0 Å². The molecule has 1 saturated carbocycles. The normalized spacial score (nSPS) is 25.6. The van der Waals surface area contributed by atoms with Gasteiger partial charge >= 0.3 is 0 Å². The zero-order valence-corrected chi connectivity index (χ0v) is 15.1. The second kappa shape index (κ2) is 7.08. The van der Waals surface area contributed by atoms with Crippen molar-refractivity contribution in [1.29, 1.82) is 0 Å². The summed E-state index contributed by atoms with van der Waals surface area (Å²) >= 11 is 0. The number of aliphatic hydroxyl groups is 1. The molecule has 3 atom stereocenters. The fourth-order valence-electron chi connectivity index (χ4n) is 4.54. The van der Waals surface area contributed by atoms with Crippen LogP contribution in [0.4, 0.5) is 0 Å². The van der Waals surface area contributed by atoms with Crippen LogP contribution >= 0.6 is 0 Å². The van der Waals surface area contributed by atoms with Gasteiger partial charge in [0.05, 0.1) is 5.60 Å². The molecule has 1 fully saturated rings. The SMILES string of the molecule is Cc1ccccc1C1(O)CCCCC1C(c1ccccc1)N(C)C. The second-order valence-electron chi connectivity index (χ2n) is 7.41. The minimum atomic E-state index is -0.756. The van der Waals surface area contributed by atoms with Gasteiger partial charge in [0.25, 0.3) is 0 Å². The van der Waals surface area contributed by atoms with E-state index in [1.807, 2.05) is 0 Å².